The molecule has 6 heterocycles. The average Bonchev–Trinajstić information content (AvgIpc) is 3.66. The van der Waals surface area contributed by atoms with Crippen molar-refractivity contribution in [1.29, 1.82) is 0 Å². The zero-order valence-corrected chi connectivity index (χ0v) is 33.4. The van der Waals surface area contributed by atoms with E-state index in [9.17, 15) is 23.2 Å². The molecular formula is C43H51F2N9O3. The smallest absolute Gasteiger partial charge is 0.293 e. The molecule has 3 aromatic heterocycles. The molecule has 12 nitrogen and oxygen atoms in total. The number of fused-ring (bicyclic) bond motifs is 3. The number of aromatic nitrogens is 4. The van der Waals surface area contributed by atoms with E-state index in [2.05, 4.69) is 63.4 Å². The lowest BCUT2D eigenvalue weighted by molar-refractivity contribution is -0.111. The number of carbonyl (C=O) groups excluding carboxylic acids is 2. The molecule has 2 amide bonds. The van der Waals surface area contributed by atoms with Gasteiger partial charge in [-0.3, -0.25) is 24.2 Å². The first-order valence-corrected chi connectivity index (χ1v) is 19.9. The maximum atomic E-state index is 13.9. The van der Waals surface area contributed by atoms with E-state index in [1.165, 1.54) is 21.9 Å². The lowest BCUT2D eigenvalue weighted by Crippen LogP contribution is -2.52. The van der Waals surface area contributed by atoms with Crippen LogP contribution in [-0.4, -0.2) is 80.0 Å². The van der Waals surface area contributed by atoms with Gasteiger partial charge in [-0.05, 0) is 86.9 Å². The number of halogens is 2. The van der Waals surface area contributed by atoms with Gasteiger partial charge in [0.25, 0.3) is 17.4 Å². The fourth-order valence-corrected chi connectivity index (χ4v) is 9.34. The lowest BCUT2D eigenvalue weighted by atomic mass is 9.90. The zero-order valence-electron chi connectivity index (χ0n) is 33.4. The molecule has 4 aliphatic rings. The van der Waals surface area contributed by atoms with Gasteiger partial charge in [-0.2, -0.15) is 0 Å². The molecule has 2 fully saturated rings. The van der Waals surface area contributed by atoms with Crippen LogP contribution in [0.15, 0.2) is 60.2 Å². The number of alkyl halides is 2. The van der Waals surface area contributed by atoms with Gasteiger partial charge in [0.1, 0.15) is 11.5 Å². The number of hydrogen-bond acceptors (Lipinski definition) is 8. The predicted octanol–water partition coefficient (Wildman–Crippen LogP) is 6.69. The van der Waals surface area contributed by atoms with Crippen LogP contribution in [0.2, 0.25) is 0 Å². The van der Waals surface area contributed by atoms with Gasteiger partial charge >= 0.3 is 0 Å². The minimum absolute atomic E-state index is 0.0760. The molecule has 0 radical (unpaired) electrons. The molecule has 57 heavy (non-hydrogen) atoms. The predicted molar refractivity (Wildman–Crippen MR) is 219 cm³/mol. The van der Waals surface area contributed by atoms with Crippen molar-refractivity contribution in [2.24, 2.45) is 12.5 Å². The topological polar surface area (TPSA) is 121 Å². The highest BCUT2D eigenvalue weighted by molar-refractivity contribution is 6.06. The van der Waals surface area contributed by atoms with Gasteiger partial charge in [0, 0.05) is 99.6 Å². The maximum absolute atomic E-state index is 13.9. The summed E-state index contributed by atoms with van der Waals surface area (Å²) in [5.41, 5.74) is 7.00. The normalized spacial score (nSPS) is 21.6. The number of nitrogens with zero attached hydrogens (tertiary/aromatic N) is 7. The Hall–Kier alpha value is -5.37. The third-order valence-electron chi connectivity index (χ3n) is 12.3. The monoisotopic (exact) mass is 779 g/mol. The van der Waals surface area contributed by atoms with Crippen molar-refractivity contribution in [3.63, 3.8) is 0 Å². The number of aryl methyl sites for hydroxylation is 1. The Morgan fingerprint density at radius 1 is 1.04 bits per heavy atom. The first-order chi connectivity index (χ1) is 27.1. The molecule has 0 spiro atoms. The molecule has 1 aromatic carbocycles. The van der Waals surface area contributed by atoms with E-state index in [1.54, 1.807) is 30.4 Å². The van der Waals surface area contributed by atoms with Crippen LogP contribution in [0.3, 0.4) is 0 Å². The van der Waals surface area contributed by atoms with Crippen LogP contribution in [-0.2, 0) is 31.2 Å². The first kappa shape index (κ1) is 38.5. The summed E-state index contributed by atoms with van der Waals surface area (Å²) in [5.74, 6) is -2.39. The summed E-state index contributed by atoms with van der Waals surface area (Å²) in [4.78, 5) is 55.7. The summed E-state index contributed by atoms with van der Waals surface area (Å²) in [7, 11) is 1.66. The van der Waals surface area contributed by atoms with Crippen molar-refractivity contribution in [3.05, 3.63) is 88.2 Å². The SMILES string of the molecule is C=CC(=O)Nc1cc(Nc2nc(-c3ccnc(N4CCn5c(cc6c5CC(C)(C)C6)C4=O)c3C)cn(C)c2=O)ccc1N1CCC(N2CCC(F)(F)CC2)C[C@@H]1C. The fourth-order valence-electron chi connectivity index (χ4n) is 9.34. The molecule has 1 aliphatic carbocycles. The highest BCUT2D eigenvalue weighted by Crippen LogP contribution is 2.41. The number of rotatable bonds is 8. The second kappa shape index (κ2) is 14.5. The van der Waals surface area contributed by atoms with Gasteiger partial charge in [-0.1, -0.05) is 20.4 Å². The van der Waals surface area contributed by atoms with Crippen LogP contribution < -0.4 is 26.0 Å². The quantitative estimate of drug-likeness (QED) is 0.190. The maximum Gasteiger partial charge on any atom is 0.293 e. The van der Waals surface area contributed by atoms with Crippen LogP contribution >= 0.6 is 0 Å². The number of amides is 2. The molecule has 2 N–H and O–H groups in total. The number of hydrogen-bond donors (Lipinski definition) is 2. The Morgan fingerprint density at radius 2 is 1.81 bits per heavy atom. The van der Waals surface area contributed by atoms with Gasteiger partial charge in [-0.25, -0.2) is 18.7 Å². The van der Waals surface area contributed by atoms with Crippen molar-refractivity contribution in [2.75, 3.05) is 46.6 Å². The molecule has 2 atom stereocenters. The molecule has 14 heteroatoms. The Bertz CT molecular complexity index is 2320. The summed E-state index contributed by atoms with van der Waals surface area (Å²) in [5, 5.41) is 6.15. The van der Waals surface area contributed by atoms with Gasteiger partial charge in [0.2, 0.25) is 5.91 Å². The highest BCUT2D eigenvalue weighted by Gasteiger charge is 2.39. The highest BCUT2D eigenvalue weighted by atomic mass is 19.3. The van der Waals surface area contributed by atoms with E-state index >= 15 is 0 Å². The Kier molecular flexibility index (Phi) is 9.82. The fraction of sp³-hybridized carbons (Fsp3) is 0.465. The van der Waals surface area contributed by atoms with Crippen molar-refractivity contribution in [1.82, 2.24) is 24.0 Å². The average molecular weight is 780 g/mol. The Labute approximate surface area is 331 Å². The number of benzene rings is 1. The third kappa shape index (κ3) is 7.35. The number of nitrogens with one attached hydrogen (secondary N) is 2. The number of anilines is 5. The molecule has 1 unspecified atom stereocenters. The molecule has 0 bridgehead atoms. The molecule has 4 aromatic rings. The van der Waals surface area contributed by atoms with Crippen LogP contribution in [0.4, 0.5) is 37.5 Å². The summed E-state index contributed by atoms with van der Waals surface area (Å²) >= 11 is 0. The van der Waals surface area contributed by atoms with E-state index < -0.39 is 5.92 Å². The van der Waals surface area contributed by atoms with Crippen LogP contribution in [0, 0.1) is 12.3 Å². The lowest BCUT2D eigenvalue weighted by Gasteiger charge is -2.45. The second-order valence-electron chi connectivity index (χ2n) is 17.0. The Balaban J connectivity index is 1.04. The summed E-state index contributed by atoms with van der Waals surface area (Å²) < 4.78 is 31.4. The number of carbonyl (C=O) groups is 2. The standard InChI is InChI=1S/C43H51F2N9O3/c1-7-37(55)48-32-22-29(8-9-34(32)52-15-11-30(20-26(52)2)51-16-12-43(44,45)13-17-51)47-38-41(57)50(6)25-33(49-38)31-10-14-46-39(27(31)3)54-19-18-53-35(40(54)56)21-28-23-42(4,5)24-36(28)53/h7-10,14,21-22,25-26,30H,1,11-13,15-20,23-24H2,2-6H3,(H,47,49)(H,48,55)/t26-,30?/m0/s1. The molecule has 8 rings (SSSR count). The van der Waals surface area contributed by atoms with Gasteiger partial charge in [-0.15, -0.1) is 0 Å². The minimum atomic E-state index is -2.58. The largest absolute Gasteiger partial charge is 0.367 e. The van der Waals surface area contributed by atoms with Crippen molar-refractivity contribution in [3.8, 4) is 11.3 Å². The van der Waals surface area contributed by atoms with Crippen molar-refractivity contribution < 1.29 is 18.4 Å². The summed E-state index contributed by atoms with van der Waals surface area (Å²) in [6, 6.07) is 9.73. The molecule has 0 saturated carbocycles. The van der Waals surface area contributed by atoms with Crippen LogP contribution in [0.5, 0.6) is 0 Å². The van der Waals surface area contributed by atoms with E-state index in [1.807, 2.05) is 25.1 Å². The second-order valence-corrected chi connectivity index (χ2v) is 17.0. The molecule has 3 aliphatic heterocycles. The summed E-state index contributed by atoms with van der Waals surface area (Å²) in [6.07, 6.45) is 7.88. The van der Waals surface area contributed by atoms with Gasteiger partial charge < -0.3 is 24.7 Å². The first-order valence-electron chi connectivity index (χ1n) is 19.9. The molecule has 2 saturated heterocycles. The number of likely N-dealkylation sites (tertiary alicyclic amines) is 1. The number of pyridine rings is 1. The van der Waals surface area contributed by atoms with Crippen molar-refractivity contribution in [2.45, 2.75) is 90.8 Å². The van der Waals surface area contributed by atoms with E-state index in [0.29, 0.717) is 61.3 Å². The van der Waals surface area contributed by atoms with Crippen LogP contribution in [0.1, 0.15) is 73.8 Å². The zero-order chi connectivity index (χ0) is 40.4. The molecular weight excluding hydrogens is 729 g/mol. The van der Waals surface area contributed by atoms with E-state index in [-0.39, 0.29) is 53.5 Å². The number of piperidine rings is 2. The van der Waals surface area contributed by atoms with Crippen LogP contribution in [0.25, 0.3) is 11.3 Å². The minimum Gasteiger partial charge on any atom is -0.367 e. The molecule has 300 valence electrons. The Morgan fingerprint density at radius 3 is 2.54 bits per heavy atom. The van der Waals surface area contributed by atoms with Crippen molar-refractivity contribution >= 4 is 40.5 Å². The van der Waals surface area contributed by atoms with Gasteiger partial charge in [0.05, 0.1) is 17.1 Å². The van der Waals surface area contributed by atoms with E-state index in [4.69, 9.17) is 4.98 Å². The van der Waals surface area contributed by atoms with E-state index in [0.717, 1.165) is 42.5 Å². The summed E-state index contributed by atoms with van der Waals surface area (Å²) in [6.45, 7) is 14.9. The van der Waals surface area contributed by atoms with Gasteiger partial charge in [0.15, 0.2) is 5.82 Å². The third-order valence-corrected chi connectivity index (χ3v) is 12.3.